The van der Waals surface area contributed by atoms with Gasteiger partial charge in [0.1, 0.15) is 10.9 Å². The molecule has 2 rings (SSSR count). The Bertz CT molecular complexity index is 746. The Morgan fingerprint density at radius 1 is 1.27 bits per heavy atom. The normalized spacial score (nSPS) is 11.3. The Labute approximate surface area is 132 Å². The van der Waals surface area contributed by atoms with Gasteiger partial charge in [-0.2, -0.15) is 5.26 Å². The smallest absolute Gasteiger partial charge is 0.349 e. The van der Waals surface area contributed by atoms with E-state index in [0.717, 1.165) is 4.88 Å². The number of nitrogens with zero attached hydrogens (tertiary/aromatic N) is 1. The highest BCUT2D eigenvalue weighted by Crippen LogP contribution is 2.18. The Balaban J connectivity index is 2.01. The van der Waals surface area contributed by atoms with E-state index in [4.69, 9.17) is 10.00 Å². The lowest BCUT2D eigenvalue weighted by molar-refractivity contribution is -0.123. The fourth-order valence-corrected chi connectivity index (χ4v) is 2.49. The fourth-order valence-electron chi connectivity index (χ4n) is 1.74. The molecule has 0 unspecified atom stereocenters. The number of thiophene rings is 1. The maximum absolute atomic E-state index is 12.1. The summed E-state index contributed by atoms with van der Waals surface area (Å²) in [5, 5.41) is 11.6. The van der Waals surface area contributed by atoms with Crippen molar-refractivity contribution in [2.24, 2.45) is 0 Å². The van der Waals surface area contributed by atoms with Gasteiger partial charge in [0.15, 0.2) is 6.10 Å². The molecule has 5 nitrogen and oxygen atoms in total. The van der Waals surface area contributed by atoms with Gasteiger partial charge in [0.2, 0.25) is 0 Å². The van der Waals surface area contributed by atoms with Gasteiger partial charge in [-0.25, -0.2) is 4.79 Å². The average molecular weight is 314 g/mol. The van der Waals surface area contributed by atoms with Gasteiger partial charge < -0.3 is 10.1 Å². The first-order chi connectivity index (χ1) is 10.5. The molecule has 0 bridgehead atoms. The summed E-state index contributed by atoms with van der Waals surface area (Å²) in [5.41, 5.74) is 0.744. The summed E-state index contributed by atoms with van der Waals surface area (Å²) in [7, 11) is 0. The predicted octanol–water partition coefficient (Wildman–Crippen LogP) is 3.11. The summed E-state index contributed by atoms with van der Waals surface area (Å²) in [6, 6.07) is 12.1. The van der Waals surface area contributed by atoms with E-state index in [1.165, 1.54) is 18.3 Å². The van der Waals surface area contributed by atoms with Crippen LogP contribution in [0.3, 0.4) is 0 Å². The van der Waals surface area contributed by atoms with Gasteiger partial charge in [-0.05, 0) is 38.1 Å². The highest BCUT2D eigenvalue weighted by Gasteiger charge is 2.20. The molecule has 1 N–H and O–H groups in total. The van der Waals surface area contributed by atoms with Gasteiger partial charge >= 0.3 is 5.97 Å². The standard InChI is InChI=1S/C16H14N2O3S/c1-10-7-8-14(22-10)16(20)21-11(2)15(19)18-13-6-4-3-5-12(13)9-17/h3-8,11H,1-2H3,(H,18,19)/t11-/m0/s1. The molecular weight excluding hydrogens is 300 g/mol. The van der Waals surface area contributed by atoms with Crippen molar-refractivity contribution in [3.05, 3.63) is 51.7 Å². The van der Waals surface area contributed by atoms with Crippen LogP contribution in [-0.2, 0) is 9.53 Å². The van der Waals surface area contributed by atoms with Crippen LogP contribution in [0.15, 0.2) is 36.4 Å². The summed E-state index contributed by atoms with van der Waals surface area (Å²) in [5.74, 6) is -1.02. The molecule has 1 aromatic heterocycles. The number of anilines is 1. The molecule has 0 saturated carbocycles. The lowest BCUT2D eigenvalue weighted by Gasteiger charge is -2.13. The van der Waals surface area contributed by atoms with Crippen molar-refractivity contribution in [3.8, 4) is 6.07 Å². The van der Waals surface area contributed by atoms with E-state index in [1.807, 2.05) is 19.1 Å². The van der Waals surface area contributed by atoms with Crippen LogP contribution in [-0.4, -0.2) is 18.0 Å². The molecule has 1 heterocycles. The third-order valence-corrected chi connectivity index (χ3v) is 3.88. The number of para-hydroxylation sites is 1. The number of esters is 1. The molecular formula is C16H14N2O3S. The van der Waals surface area contributed by atoms with Gasteiger partial charge in [-0.15, -0.1) is 11.3 Å². The molecule has 6 heteroatoms. The molecule has 1 aromatic carbocycles. The van der Waals surface area contributed by atoms with Crippen LogP contribution >= 0.6 is 11.3 Å². The van der Waals surface area contributed by atoms with E-state index in [1.54, 1.807) is 30.3 Å². The zero-order valence-electron chi connectivity index (χ0n) is 12.1. The van der Waals surface area contributed by atoms with Gasteiger partial charge in [0.05, 0.1) is 11.3 Å². The highest BCUT2D eigenvalue weighted by molar-refractivity contribution is 7.13. The van der Waals surface area contributed by atoms with Gasteiger partial charge in [-0.3, -0.25) is 4.79 Å². The number of nitrogens with one attached hydrogen (secondary N) is 1. The van der Waals surface area contributed by atoms with Crippen LogP contribution in [0.25, 0.3) is 0 Å². The minimum Gasteiger partial charge on any atom is -0.448 e. The molecule has 0 aliphatic heterocycles. The first kappa shape index (κ1) is 15.7. The van der Waals surface area contributed by atoms with Crippen molar-refractivity contribution < 1.29 is 14.3 Å². The molecule has 1 amide bonds. The number of aryl methyl sites for hydroxylation is 1. The van der Waals surface area contributed by atoms with Crippen molar-refractivity contribution in [2.75, 3.05) is 5.32 Å². The third kappa shape index (κ3) is 3.71. The number of rotatable bonds is 4. The fraction of sp³-hybridized carbons (Fsp3) is 0.188. The number of amides is 1. The van der Waals surface area contributed by atoms with Crippen molar-refractivity contribution in [1.82, 2.24) is 0 Å². The number of carbonyl (C=O) groups is 2. The summed E-state index contributed by atoms with van der Waals surface area (Å²) in [4.78, 5) is 25.4. The van der Waals surface area contributed by atoms with Crippen molar-refractivity contribution in [3.63, 3.8) is 0 Å². The molecule has 0 aliphatic rings. The minimum absolute atomic E-state index is 0.350. The number of nitriles is 1. The molecule has 0 spiro atoms. The number of hydrogen-bond acceptors (Lipinski definition) is 5. The Kier molecular flexibility index (Phi) is 4.92. The van der Waals surface area contributed by atoms with E-state index in [-0.39, 0.29) is 0 Å². The maximum Gasteiger partial charge on any atom is 0.349 e. The summed E-state index contributed by atoms with van der Waals surface area (Å²) in [6.07, 6.45) is -0.957. The van der Waals surface area contributed by atoms with Crippen LogP contribution in [0.1, 0.15) is 27.0 Å². The number of benzene rings is 1. The monoisotopic (exact) mass is 314 g/mol. The minimum atomic E-state index is -0.957. The molecule has 0 saturated heterocycles. The van der Waals surface area contributed by atoms with Crippen LogP contribution in [0.4, 0.5) is 5.69 Å². The molecule has 1 atom stereocenters. The molecule has 0 radical (unpaired) electrons. The highest BCUT2D eigenvalue weighted by atomic mass is 32.1. The Morgan fingerprint density at radius 2 is 2.00 bits per heavy atom. The average Bonchev–Trinajstić information content (AvgIpc) is 2.94. The topological polar surface area (TPSA) is 79.2 Å². The Morgan fingerprint density at radius 3 is 2.64 bits per heavy atom. The SMILES string of the molecule is Cc1ccc(C(=O)O[C@@H](C)C(=O)Nc2ccccc2C#N)s1. The van der Waals surface area contributed by atoms with Gasteiger partial charge in [0.25, 0.3) is 5.91 Å². The van der Waals surface area contributed by atoms with Gasteiger partial charge in [-0.1, -0.05) is 12.1 Å². The van der Waals surface area contributed by atoms with Crippen LogP contribution in [0.5, 0.6) is 0 Å². The predicted molar refractivity (Wildman–Crippen MR) is 83.7 cm³/mol. The lowest BCUT2D eigenvalue weighted by Crippen LogP contribution is -2.30. The van der Waals surface area contributed by atoms with Crippen LogP contribution in [0, 0.1) is 18.3 Å². The first-order valence-corrected chi connectivity index (χ1v) is 7.40. The molecule has 112 valence electrons. The summed E-state index contributed by atoms with van der Waals surface area (Å²) < 4.78 is 5.13. The molecule has 2 aromatic rings. The number of carbonyl (C=O) groups excluding carboxylic acids is 2. The molecule has 0 aliphatic carbocycles. The quantitative estimate of drug-likeness (QED) is 0.879. The zero-order valence-corrected chi connectivity index (χ0v) is 12.9. The first-order valence-electron chi connectivity index (χ1n) is 6.58. The van der Waals surface area contributed by atoms with E-state index in [9.17, 15) is 9.59 Å². The number of ether oxygens (including phenoxy) is 1. The lowest BCUT2D eigenvalue weighted by atomic mass is 10.2. The van der Waals surface area contributed by atoms with E-state index in [0.29, 0.717) is 16.1 Å². The third-order valence-electron chi connectivity index (χ3n) is 2.90. The van der Waals surface area contributed by atoms with Crippen molar-refractivity contribution >= 4 is 28.9 Å². The van der Waals surface area contributed by atoms with Crippen molar-refractivity contribution in [2.45, 2.75) is 20.0 Å². The van der Waals surface area contributed by atoms with E-state index >= 15 is 0 Å². The van der Waals surface area contributed by atoms with E-state index < -0.39 is 18.0 Å². The van der Waals surface area contributed by atoms with Gasteiger partial charge in [0, 0.05) is 4.88 Å². The Hall–Kier alpha value is -2.65. The van der Waals surface area contributed by atoms with E-state index in [2.05, 4.69) is 5.32 Å². The largest absolute Gasteiger partial charge is 0.448 e. The molecule has 0 fully saturated rings. The second-order valence-electron chi connectivity index (χ2n) is 4.60. The maximum atomic E-state index is 12.1. The summed E-state index contributed by atoms with van der Waals surface area (Å²) in [6.45, 7) is 3.37. The van der Waals surface area contributed by atoms with Crippen molar-refractivity contribution in [1.29, 1.82) is 5.26 Å². The zero-order chi connectivity index (χ0) is 16.1. The second-order valence-corrected chi connectivity index (χ2v) is 5.89. The number of hydrogen-bond donors (Lipinski definition) is 1. The molecule has 22 heavy (non-hydrogen) atoms. The second kappa shape index (κ2) is 6.87. The van der Waals surface area contributed by atoms with Crippen LogP contribution in [0.2, 0.25) is 0 Å². The van der Waals surface area contributed by atoms with Crippen LogP contribution < -0.4 is 5.32 Å². The summed E-state index contributed by atoms with van der Waals surface area (Å²) >= 11 is 1.31.